The standard InChI is InChI=1S/C11H17F/c1-8(2)10-5-4-9(3)11(6-10)7-12/h6,8H,4-5,7H2,1-3H3. The summed E-state index contributed by atoms with van der Waals surface area (Å²) in [6.07, 6.45) is 4.21. The first-order valence-corrected chi connectivity index (χ1v) is 4.60. The third-order valence-corrected chi connectivity index (χ3v) is 2.58. The molecule has 0 saturated carbocycles. The number of alkyl halides is 1. The summed E-state index contributed by atoms with van der Waals surface area (Å²) in [5, 5.41) is 0. The lowest BCUT2D eigenvalue weighted by molar-refractivity contribution is 0.540. The van der Waals surface area contributed by atoms with Gasteiger partial charge in [0.25, 0.3) is 0 Å². The molecule has 0 amide bonds. The van der Waals surface area contributed by atoms with Crippen LogP contribution in [-0.2, 0) is 0 Å². The second kappa shape index (κ2) is 3.88. The Morgan fingerprint density at radius 1 is 1.42 bits per heavy atom. The van der Waals surface area contributed by atoms with E-state index in [1.807, 2.05) is 13.0 Å². The van der Waals surface area contributed by atoms with Gasteiger partial charge in [-0.1, -0.05) is 31.1 Å². The van der Waals surface area contributed by atoms with Crippen molar-refractivity contribution >= 4 is 0 Å². The quantitative estimate of drug-likeness (QED) is 0.590. The zero-order chi connectivity index (χ0) is 9.14. The van der Waals surface area contributed by atoms with Gasteiger partial charge in [0.1, 0.15) is 6.67 Å². The number of rotatable bonds is 2. The van der Waals surface area contributed by atoms with E-state index in [0.717, 1.165) is 18.4 Å². The molecule has 0 nitrogen and oxygen atoms in total. The summed E-state index contributed by atoms with van der Waals surface area (Å²) in [5.41, 5.74) is 3.53. The second-order valence-corrected chi connectivity index (χ2v) is 3.81. The van der Waals surface area contributed by atoms with Crippen molar-refractivity contribution in [2.45, 2.75) is 33.6 Å². The molecule has 0 N–H and O–H groups in total. The van der Waals surface area contributed by atoms with Crippen molar-refractivity contribution in [1.29, 1.82) is 0 Å². The van der Waals surface area contributed by atoms with Crippen LogP contribution in [0.25, 0.3) is 0 Å². The molecular formula is C11H17F. The largest absolute Gasteiger partial charge is 0.246 e. The summed E-state index contributed by atoms with van der Waals surface area (Å²) < 4.78 is 12.5. The van der Waals surface area contributed by atoms with E-state index in [0.29, 0.717) is 5.92 Å². The van der Waals surface area contributed by atoms with E-state index in [1.54, 1.807) is 0 Å². The van der Waals surface area contributed by atoms with Crippen LogP contribution < -0.4 is 0 Å². The van der Waals surface area contributed by atoms with Crippen LogP contribution in [0, 0.1) is 5.92 Å². The number of allylic oxidation sites excluding steroid dienone is 4. The summed E-state index contributed by atoms with van der Waals surface area (Å²) in [6, 6.07) is 0. The normalized spacial score (nSPS) is 18.6. The van der Waals surface area contributed by atoms with E-state index >= 15 is 0 Å². The van der Waals surface area contributed by atoms with Gasteiger partial charge in [-0.05, 0) is 31.3 Å². The first-order valence-electron chi connectivity index (χ1n) is 4.60. The smallest absolute Gasteiger partial charge is 0.114 e. The van der Waals surface area contributed by atoms with Gasteiger partial charge in [-0.25, -0.2) is 4.39 Å². The average molecular weight is 168 g/mol. The lowest BCUT2D eigenvalue weighted by atomic mass is 9.88. The predicted molar refractivity (Wildman–Crippen MR) is 50.8 cm³/mol. The molecule has 68 valence electrons. The molecule has 1 heteroatoms. The highest BCUT2D eigenvalue weighted by atomic mass is 19.1. The Balaban J connectivity index is 2.83. The maximum atomic E-state index is 12.5. The number of hydrogen-bond donors (Lipinski definition) is 0. The zero-order valence-electron chi connectivity index (χ0n) is 8.15. The Morgan fingerprint density at radius 2 is 2.08 bits per heavy atom. The van der Waals surface area contributed by atoms with Crippen molar-refractivity contribution in [3.8, 4) is 0 Å². The van der Waals surface area contributed by atoms with Crippen molar-refractivity contribution in [3.05, 3.63) is 22.8 Å². The fraction of sp³-hybridized carbons (Fsp3) is 0.636. The first-order chi connectivity index (χ1) is 5.65. The van der Waals surface area contributed by atoms with E-state index in [1.165, 1.54) is 11.1 Å². The van der Waals surface area contributed by atoms with Crippen LogP contribution >= 0.6 is 0 Å². The minimum absolute atomic E-state index is 0.304. The van der Waals surface area contributed by atoms with E-state index < -0.39 is 0 Å². The van der Waals surface area contributed by atoms with Gasteiger partial charge in [0, 0.05) is 0 Å². The van der Waals surface area contributed by atoms with Crippen LogP contribution in [0.5, 0.6) is 0 Å². The van der Waals surface area contributed by atoms with Crippen molar-refractivity contribution in [2.75, 3.05) is 6.67 Å². The molecule has 0 heterocycles. The molecule has 0 fully saturated rings. The molecule has 0 aromatic carbocycles. The molecule has 0 unspecified atom stereocenters. The summed E-state index contributed by atoms with van der Waals surface area (Å²) in [4.78, 5) is 0. The highest BCUT2D eigenvalue weighted by molar-refractivity contribution is 5.33. The molecular weight excluding hydrogens is 151 g/mol. The minimum atomic E-state index is -0.304. The van der Waals surface area contributed by atoms with Gasteiger partial charge in [0.15, 0.2) is 0 Å². The summed E-state index contributed by atoms with van der Waals surface area (Å²) in [6.45, 7) is 6.06. The first kappa shape index (κ1) is 9.50. The zero-order valence-corrected chi connectivity index (χ0v) is 8.15. The van der Waals surface area contributed by atoms with Gasteiger partial charge in [-0.2, -0.15) is 0 Å². The molecule has 0 saturated heterocycles. The Kier molecular flexibility index (Phi) is 3.07. The number of hydrogen-bond acceptors (Lipinski definition) is 0. The molecule has 1 aliphatic rings. The molecule has 0 aliphatic heterocycles. The van der Waals surface area contributed by atoms with Gasteiger partial charge in [-0.15, -0.1) is 0 Å². The Morgan fingerprint density at radius 3 is 2.58 bits per heavy atom. The molecule has 1 aliphatic carbocycles. The predicted octanol–water partition coefficient (Wildman–Crippen LogP) is 3.65. The van der Waals surface area contributed by atoms with Crippen LogP contribution in [0.1, 0.15) is 33.6 Å². The molecule has 12 heavy (non-hydrogen) atoms. The Hall–Kier alpha value is -0.590. The fourth-order valence-corrected chi connectivity index (χ4v) is 1.52. The third kappa shape index (κ3) is 1.96. The second-order valence-electron chi connectivity index (χ2n) is 3.81. The van der Waals surface area contributed by atoms with Gasteiger partial charge < -0.3 is 0 Å². The van der Waals surface area contributed by atoms with E-state index in [4.69, 9.17) is 0 Å². The van der Waals surface area contributed by atoms with Crippen molar-refractivity contribution < 1.29 is 4.39 Å². The molecule has 0 spiro atoms. The van der Waals surface area contributed by atoms with Gasteiger partial charge in [0.05, 0.1) is 0 Å². The molecule has 0 radical (unpaired) electrons. The van der Waals surface area contributed by atoms with Crippen molar-refractivity contribution in [2.24, 2.45) is 5.92 Å². The topological polar surface area (TPSA) is 0 Å². The molecule has 0 aromatic rings. The monoisotopic (exact) mass is 168 g/mol. The third-order valence-electron chi connectivity index (χ3n) is 2.58. The Bertz CT molecular complexity index is 221. The maximum Gasteiger partial charge on any atom is 0.114 e. The molecule has 1 rings (SSSR count). The Labute approximate surface area is 74.2 Å². The van der Waals surface area contributed by atoms with Crippen LogP contribution in [0.3, 0.4) is 0 Å². The lowest BCUT2D eigenvalue weighted by Crippen LogP contribution is -2.03. The lowest BCUT2D eigenvalue weighted by Gasteiger charge is -2.18. The molecule has 0 atom stereocenters. The van der Waals surface area contributed by atoms with Gasteiger partial charge in [-0.3, -0.25) is 0 Å². The van der Waals surface area contributed by atoms with Crippen molar-refractivity contribution in [1.82, 2.24) is 0 Å². The summed E-state index contributed by atoms with van der Waals surface area (Å²) in [7, 11) is 0. The molecule has 0 aromatic heterocycles. The fourth-order valence-electron chi connectivity index (χ4n) is 1.52. The van der Waals surface area contributed by atoms with Gasteiger partial charge in [0.2, 0.25) is 0 Å². The van der Waals surface area contributed by atoms with Crippen LogP contribution in [0.4, 0.5) is 4.39 Å². The van der Waals surface area contributed by atoms with E-state index in [2.05, 4.69) is 13.8 Å². The van der Waals surface area contributed by atoms with Crippen LogP contribution in [-0.4, -0.2) is 6.67 Å². The average Bonchev–Trinajstić information content (AvgIpc) is 2.05. The van der Waals surface area contributed by atoms with E-state index in [9.17, 15) is 4.39 Å². The maximum absolute atomic E-state index is 12.5. The minimum Gasteiger partial charge on any atom is -0.246 e. The number of halogens is 1. The van der Waals surface area contributed by atoms with Crippen LogP contribution in [0.2, 0.25) is 0 Å². The summed E-state index contributed by atoms with van der Waals surface area (Å²) >= 11 is 0. The van der Waals surface area contributed by atoms with Crippen LogP contribution in [0.15, 0.2) is 22.8 Å². The molecule has 0 bridgehead atoms. The van der Waals surface area contributed by atoms with Gasteiger partial charge >= 0.3 is 0 Å². The SMILES string of the molecule is CC1=C(CF)C=C(C(C)C)CC1. The van der Waals surface area contributed by atoms with E-state index in [-0.39, 0.29) is 6.67 Å². The van der Waals surface area contributed by atoms with Crippen molar-refractivity contribution in [3.63, 3.8) is 0 Å². The highest BCUT2D eigenvalue weighted by Crippen LogP contribution is 2.27. The highest BCUT2D eigenvalue weighted by Gasteiger charge is 2.11. The summed E-state index contributed by atoms with van der Waals surface area (Å²) in [5.74, 6) is 0.569.